The fourth-order valence-corrected chi connectivity index (χ4v) is 3.91. The molecule has 1 atom stereocenters. The van der Waals surface area contributed by atoms with Gasteiger partial charge in [-0.25, -0.2) is 0 Å². The number of hydrogen-bond acceptors (Lipinski definition) is 2. The van der Waals surface area contributed by atoms with E-state index in [1.165, 1.54) is 0 Å². The fraction of sp³-hybridized carbons (Fsp3) is 0.786. The Hall–Kier alpha value is -0.350. The Bertz CT molecular complexity index is 446. The van der Waals surface area contributed by atoms with E-state index in [0.717, 1.165) is 10.2 Å². The molecule has 0 radical (unpaired) electrons. The molecule has 1 fully saturated rings. The van der Waals surface area contributed by atoms with Crippen molar-refractivity contribution in [2.45, 2.75) is 53.6 Å². The van der Waals surface area contributed by atoms with E-state index in [2.05, 4.69) is 62.6 Å². The van der Waals surface area contributed by atoms with E-state index >= 15 is 0 Å². The van der Waals surface area contributed by atoms with Crippen LogP contribution in [0.2, 0.25) is 0 Å². The zero-order valence-corrected chi connectivity index (χ0v) is 13.7. The van der Waals surface area contributed by atoms with Gasteiger partial charge in [0, 0.05) is 6.04 Å². The second-order valence-corrected chi connectivity index (χ2v) is 7.72. The van der Waals surface area contributed by atoms with Gasteiger partial charge in [-0.2, -0.15) is 5.10 Å². The Morgan fingerprint density at radius 1 is 1.28 bits per heavy atom. The summed E-state index contributed by atoms with van der Waals surface area (Å²) in [6, 6.07) is 0.372. The molecule has 1 unspecified atom stereocenters. The third kappa shape index (κ3) is 1.76. The van der Waals surface area contributed by atoms with Crippen molar-refractivity contribution in [2.75, 3.05) is 0 Å². The van der Waals surface area contributed by atoms with Gasteiger partial charge in [-0.05, 0) is 46.5 Å². The summed E-state index contributed by atoms with van der Waals surface area (Å²) in [5.41, 5.74) is 8.26. The Morgan fingerprint density at radius 3 is 2.17 bits per heavy atom. The molecule has 3 nitrogen and oxygen atoms in total. The summed E-state index contributed by atoms with van der Waals surface area (Å²) >= 11 is 3.59. The minimum Gasteiger partial charge on any atom is -0.322 e. The summed E-state index contributed by atoms with van der Waals surface area (Å²) in [6.45, 7) is 13.5. The number of nitrogens with zero attached hydrogens (tertiary/aromatic N) is 2. The van der Waals surface area contributed by atoms with Crippen molar-refractivity contribution < 1.29 is 0 Å². The van der Waals surface area contributed by atoms with Crippen LogP contribution < -0.4 is 5.73 Å². The molecule has 1 heterocycles. The molecule has 0 spiro atoms. The molecule has 102 valence electrons. The first-order valence-corrected chi connectivity index (χ1v) is 7.40. The van der Waals surface area contributed by atoms with Crippen LogP contribution in [0.5, 0.6) is 0 Å². The summed E-state index contributed by atoms with van der Waals surface area (Å²) in [5, 5.41) is 4.43. The van der Waals surface area contributed by atoms with Gasteiger partial charge < -0.3 is 5.73 Å². The van der Waals surface area contributed by atoms with Crippen molar-refractivity contribution in [1.82, 2.24) is 9.78 Å². The Morgan fingerprint density at radius 2 is 1.78 bits per heavy atom. The second-order valence-electron chi connectivity index (χ2n) is 6.86. The average Bonchev–Trinajstić information content (AvgIpc) is 2.56. The third-order valence-corrected chi connectivity index (χ3v) is 5.69. The molecule has 1 saturated carbocycles. The maximum Gasteiger partial charge on any atom is 0.0699 e. The fourth-order valence-electron chi connectivity index (χ4n) is 3.38. The van der Waals surface area contributed by atoms with Gasteiger partial charge in [0.2, 0.25) is 0 Å². The quantitative estimate of drug-likeness (QED) is 0.919. The second kappa shape index (κ2) is 4.07. The van der Waals surface area contributed by atoms with Gasteiger partial charge in [-0.1, -0.05) is 27.7 Å². The predicted octanol–water partition coefficient (Wildman–Crippen LogP) is 3.91. The van der Waals surface area contributed by atoms with Gasteiger partial charge in [-0.15, -0.1) is 0 Å². The van der Waals surface area contributed by atoms with Crippen molar-refractivity contribution >= 4 is 15.9 Å². The van der Waals surface area contributed by atoms with Crippen molar-refractivity contribution in [3.63, 3.8) is 0 Å². The maximum atomic E-state index is 6.54. The monoisotopic (exact) mass is 313 g/mol. The normalized spacial score (nSPS) is 23.4. The van der Waals surface area contributed by atoms with Crippen molar-refractivity contribution in [2.24, 2.45) is 22.5 Å². The van der Waals surface area contributed by atoms with Crippen LogP contribution in [0.15, 0.2) is 10.7 Å². The average molecular weight is 314 g/mol. The summed E-state index contributed by atoms with van der Waals surface area (Å²) < 4.78 is 3.07. The molecule has 1 aliphatic rings. The first-order chi connectivity index (χ1) is 8.12. The summed E-state index contributed by atoms with van der Waals surface area (Å²) in [4.78, 5) is 0. The highest BCUT2D eigenvalue weighted by Gasteiger charge is 2.67. The van der Waals surface area contributed by atoms with E-state index in [9.17, 15) is 0 Å². The number of nitrogens with two attached hydrogens (primary N) is 1. The lowest BCUT2D eigenvalue weighted by Gasteiger charge is -2.19. The molecule has 18 heavy (non-hydrogen) atoms. The topological polar surface area (TPSA) is 43.8 Å². The van der Waals surface area contributed by atoms with Crippen LogP contribution in [0, 0.1) is 16.7 Å². The summed E-state index contributed by atoms with van der Waals surface area (Å²) in [5.74, 6) is 0.496. The smallest absolute Gasteiger partial charge is 0.0699 e. The van der Waals surface area contributed by atoms with E-state index in [4.69, 9.17) is 5.73 Å². The van der Waals surface area contributed by atoms with Crippen LogP contribution in [-0.4, -0.2) is 9.78 Å². The number of aromatic nitrogens is 2. The van der Waals surface area contributed by atoms with Crippen LogP contribution in [0.1, 0.15) is 59.3 Å². The van der Waals surface area contributed by atoms with E-state index in [-0.39, 0.29) is 16.9 Å². The molecule has 1 aromatic rings. The predicted molar refractivity (Wildman–Crippen MR) is 78.3 cm³/mol. The molecular weight excluding hydrogens is 290 g/mol. The Labute approximate surface area is 118 Å². The van der Waals surface area contributed by atoms with E-state index in [1.54, 1.807) is 0 Å². The molecule has 0 bridgehead atoms. The summed E-state index contributed by atoms with van der Waals surface area (Å²) in [6.07, 6.45) is 1.86. The van der Waals surface area contributed by atoms with Gasteiger partial charge in [0.1, 0.15) is 0 Å². The highest BCUT2D eigenvalue weighted by atomic mass is 79.9. The maximum absolute atomic E-state index is 6.54. The Kier molecular flexibility index (Phi) is 3.18. The van der Waals surface area contributed by atoms with Crippen LogP contribution in [-0.2, 0) is 0 Å². The zero-order valence-electron chi connectivity index (χ0n) is 12.2. The molecule has 0 amide bonds. The highest BCUT2D eigenvalue weighted by molar-refractivity contribution is 9.10. The number of hydrogen-bond donors (Lipinski definition) is 1. The van der Waals surface area contributed by atoms with E-state index in [0.29, 0.717) is 12.0 Å². The molecule has 0 aliphatic heterocycles. The van der Waals surface area contributed by atoms with Gasteiger partial charge in [0.25, 0.3) is 0 Å². The molecule has 1 aliphatic carbocycles. The lowest BCUT2D eigenvalue weighted by atomic mass is 10.0. The van der Waals surface area contributed by atoms with Crippen LogP contribution in [0.4, 0.5) is 0 Å². The molecule has 4 heteroatoms. The van der Waals surface area contributed by atoms with E-state index < -0.39 is 0 Å². The van der Waals surface area contributed by atoms with Crippen molar-refractivity contribution in [1.29, 1.82) is 0 Å². The lowest BCUT2D eigenvalue weighted by Crippen LogP contribution is -2.22. The van der Waals surface area contributed by atoms with Gasteiger partial charge in [-0.3, -0.25) is 4.68 Å². The first-order valence-electron chi connectivity index (χ1n) is 6.61. The first kappa shape index (κ1) is 14.1. The number of rotatable bonds is 3. The molecule has 0 saturated heterocycles. The molecule has 2 N–H and O–H groups in total. The molecule has 0 aromatic carbocycles. The van der Waals surface area contributed by atoms with Crippen LogP contribution >= 0.6 is 15.9 Å². The van der Waals surface area contributed by atoms with Crippen LogP contribution in [0.3, 0.4) is 0 Å². The highest BCUT2D eigenvalue weighted by Crippen LogP contribution is 2.72. The third-order valence-electron chi connectivity index (χ3n) is 5.08. The minimum atomic E-state index is 0.0364. The van der Waals surface area contributed by atoms with Gasteiger partial charge >= 0.3 is 0 Å². The van der Waals surface area contributed by atoms with E-state index in [1.807, 2.05) is 10.9 Å². The summed E-state index contributed by atoms with van der Waals surface area (Å²) in [7, 11) is 0. The Balaban J connectivity index is 2.37. The van der Waals surface area contributed by atoms with Crippen LogP contribution in [0.25, 0.3) is 0 Å². The SMILES string of the molecule is CC(C)n1ncc(Br)c1C(N)C1C(C)(C)C1(C)C. The molecular formula is C14H24BrN3. The van der Waals surface area contributed by atoms with Crippen molar-refractivity contribution in [3.05, 3.63) is 16.4 Å². The molecule has 1 aromatic heterocycles. The molecule has 2 rings (SSSR count). The standard InChI is InChI=1S/C14H24BrN3/c1-8(2)18-11(9(15)7-17-18)10(16)12-13(3,4)14(12,5)6/h7-8,10,12H,16H2,1-6H3. The number of halogens is 1. The van der Waals surface area contributed by atoms with Crippen molar-refractivity contribution in [3.8, 4) is 0 Å². The largest absolute Gasteiger partial charge is 0.322 e. The van der Waals surface area contributed by atoms with Gasteiger partial charge in [0.05, 0.1) is 22.4 Å². The lowest BCUT2D eigenvalue weighted by molar-refractivity contribution is 0.430. The minimum absolute atomic E-state index is 0.0364. The zero-order chi connectivity index (χ0) is 13.9. The van der Waals surface area contributed by atoms with Gasteiger partial charge in [0.15, 0.2) is 0 Å².